The van der Waals surface area contributed by atoms with E-state index in [2.05, 4.69) is 5.32 Å². The minimum absolute atomic E-state index is 0.0146. The highest BCUT2D eigenvalue weighted by molar-refractivity contribution is 7.98. The zero-order valence-electron chi connectivity index (χ0n) is 30.2. The molecule has 53 heavy (non-hydrogen) atoms. The second kappa shape index (κ2) is 17.1. The normalized spacial score (nSPS) is 16.4. The van der Waals surface area contributed by atoms with Gasteiger partial charge in [-0.15, -0.1) is 0 Å². The quantitative estimate of drug-likeness (QED) is 0.148. The minimum atomic E-state index is -1.38. The average molecular weight is 754 g/mol. The van der Waals surface area contributed by atoms with Crippen molar-refractivity contribution < 1.29 is 42.9 Å². The summed E-state index contributed by atoms with van der Waals surface area (Å²) < 4.78 is 28.3. The van der Waals surface area contributed by atoms with Gasteiger partial charge in [-0.25, -0.2) is 18.8 Å². The molecule has 2 aromatic carbocycles. The van der Waals surface area contributed by atoms with Crippen molar-refractivity contribution in [3.63, 3.8) is 0 Å². The van der Waals surface area contributed by atoms with Crippen LogP contribution in [0, 0.1) is 19.7 Å². The Kier molecular flexibility index (Phi) is 12.6. The number of fused-ring (bicyclic) bond motifs is 1. The van der Waals surface area contributed by atoms with E-state index >= 15 is 4.39 Å². The lowest BCUT2D eigenvalue weighted by atomic mass is 10.1. The Morgan fingerprint density at radius 3 is 2.40 bits per heavy atom. The standard InChI is InChI=1S/C37H44FN5O9S/c1-5-40-19-26(35(47)48)32(45)25-17-27(38)31(18-30(25)40)41-10-12-42(13-11-41)37(50)51-20-24-15-22(2)33(23(3)16-24)52-36(49)29-7-6-9-43(29)34(46)28(39-21-44)8-14-53-4/h15-19,21,28-29H,5-14,20H2,1-4H3,(H,39,44)(H,47,48)/t28?,29-/m0/s1. The highest BCUT2D eigenvalue weighted by Gasteiger charge is 2.38. The molecule has 1 unspecified atom stereocenters. The fourth-order valence-corrected chi connectivity index (χ4v) is 7.42. The predicted octanol–water partition coefficient (Wildman–Crippen LogP) is 3.70. The Morgan fingerprint density at radius 1 is 1.08 bits per heavy atom. The number of carboxylic acids is 1. The number of nitrogens with one attached hydrogen (secondary N) is 1. The number of anilines is 1. The van der Waals surface area contributed by atoms with Crippen molar-refractivity contribution in [2.45, 2.75) is 65.3 Å². The van der Waals surface area contributed by atoms with E-state index in [-0.39, 0.29) is 36.7 Å². The molecule has 1 aromatic heterocycles. The van der Waals surface area contributed by atoms with Gasteiger partial charge in [-0.2, -0.15) is 11.8 Å². The summed E-state index contributed by atoms with van der Waals surface area (Å²) in [6.45, 7) is 7.20. The number of carbonyl (C=O) groups is 5. The summed E-state index contributed by atoms with van der Waals surface area (Å²) in [6, 6.07) is 4.67. The van der Waals surface area contributed by atoms with Crippen LogP contribution < -0.4 is 20.4 Å². The van der Waals surface area contributed by atoms with Gasteiger partial charge in [0, 0.05) is 50.9 Å². The number of aromatic carboxylic acids is 1. The molecule has 3 amide bonds. The summed E-state index contributed by atoms with van der Waals surface area (Å²) in [5.41, 5.74) is 1.48. The fourth-order valence-electron chi connectivity index (χ4n) is 6.95. The van der Waals surface area contributed by atoms with Gasteiger partial charge >= 0.3 is 18.0 Å². The zero-order chi connectivity index (χ0) is 38.4. The van der Waals surface area contributed by atoms with E-state index in [0.717, 1.165) is 6.07 Å². The number of aryl methyl sites for hydroxylation is 3. The van der Waals surface area contributed by atoms with Gasteiger partial charge in [0.25, 0.3) is 0 Å². The molecule has 2 N–H and O–H groups in total. The molecule has 2 atom stereocenters. The van der Waals surface area contributed by atoms with E-state index in [0.29, 0.717) is 85.6 Å². The SMILES string of the molecule is CCn1cc(C(=O)O)c(=O)c2cc(F)c(N3CCN(C(=O)OCc4cc(C)c(OC(=O)[C@@H]5CCCN5C(=O)C(CCSC)NC=O)c(C)c4)CC3)cc21. The summed E-state index contributed by atoms with van der Waals surface area (Å²) in [4.78, 5) is 79.8. The summed E-state index contributed by atoms with van der Waals surface area (Å²) in [5, 5.41) is 12.0. The molecule has 5 rings (SSSR count). The molecule has 0 saturated carbocycles. The Morgan fingerprint density at radius 2 is 1.77 bits per heavy atom. The lowest BCUT2D eigenvalue weighted by Gasteiger charge is -2.35. The Bertz CT molecular complexity index is 1940. The molecule has 2 saturated heterocycles. The van der Waals surface area contributed by atoms with Crippen LogP contribution in [0.4, 0.5) is 14.9 Å². The first-order valence-electron chi connectivity index (χ1n) is 17.5. The van der Waals surface area contributed by atoms with Gasteiger partial charge in [0.1, 0.15) is 35.8 Å². The number of pyridine rings is 1. The first-order chi connectivity index (χ1) is 25.4. The number of amides is 3. The molecule has 0 aliphatic carbocycles. The number of thioether (sulfide) groups is 1. The topological polar surface area (TPSA) is 168 Å². The van der Waals surface area contributed by atoms with Crippen molar-refractivity contribution in [2.75, 3.05) is 49.6 Å². The number of halogens is 1. The molecule has 284 valence electrons. The highest BCUT2D eigenvalue weighted by atomic mass is 32.2. The maximum atomic E-state index is 15.3. The van der Waals surface area contributed by atoms with E-state index in [1.54, 1.807) is 60.2 Å². The van der Waals surface area contributed by atoms with Crippen molar-refractivity contribution in [3.05, 3.63) is 68.8 Å². The van der Waals surface area contributed by atoms with Crippen molar-refractivity contribution in [1.29, 1.82) is 0 Å². The van der Waals surface area contributed by atoms with Crippen LogP contribution in [-0.2, 0) is 32.3 Å². The number of benzene rings is 2. The van der Waals surface area contributed by atoms with E-state index in [1.165, 1.54) is 16.0 Å². The molecule has 3 heterocycles. The third kappa shape index (κ3) is 8.58. The van der Waals surface area contributed by atoms with Crippen LogP contribution in [0.1, 0.15) is 53.2 Å². The second-order valence-corrected chi connectivity index (χ2v) is 14.1. The monoisotopic (exact) mass is 753 g/mol. The zero-order valence-corrected chi connectivity index (χ0v) is 31.0. The maximum Gasteiger partial charge on any atom is 0.410 e. The smallest absolute Gasteiger partial charge is 0.410 e. The first-order valence-corrected chi connectivity index (χ1v) is 18.8. The molecule has 0 radical (unpaired) electrons. The number of hydrogen-bond acceptors (Lipinski definition) is 10. The summed E-state index contributed by atoms with van der Waals surface area (Å²) in [6.07, 6.45) is 4.68. The molecule has 0 bridgehead atoms. The van der Waals surface area contributed by atoms with Crippen LogP contribution in [0.5, 0.6) is 5.75 Å². The highest BCUT2D eigenvalue weighted by Crippen LogP contribution is 2.29. The molecular weight excluding hydrogens is 709 g/mol. The summed E-state index contributed by atoms with van der Waals surface area (Å²) in [7, 11) is 0. The Hall–Kier alpha value is -5.12. The number of esters is 1. The molecular formula is C37H44FN5O9S. The lowest BCUT2D eigenvalue weighted by Crippen LogP contribution is -2.51. The van der Waals surface area contributed by atoms with E-state index in [1.807, 2.05) is 6.26 Å². The summed E-state index contributed by atoms with van der Waals surface area (Å²) >= 11 is 1.56. The van der Waals surface area contributed by atoms with Gasteiger partial charge in [-0.1, -0.05) is 0 Å². The number of carbonyl (C=O) groups excluding carboxylic acids is 4. The fraction of sp³-hybridized carbons (Fsp3) is 0.459. The predicted molar refractivity (Wildman–Crippen MR) is 197 cm³/mol. The molecule has 0 spiro atoms. The number of aromatic nitrogens is 1. The van der Waals surface area contributed by atoms with Crippen molar-refractivity contribution in [1.82, 2.24) is 19.7 Å². The van der Waals surface area contributed by atoms with Crippen LogP contribution in [0.25, 0.3) is 10.9 Å². The molecule has 2 aliphatic heterocycles. The third-order valence-corrected chi connectivity index (χ3v) is 10.3. The van der Waals surface area contributed by atoms with Gasteiger partial charge in [0.15, 0.2) is 0 Å². The molecule has 2 fully saturated rings. The first kappa shape index (κ1) is 39.1. The van der Waals surface area contributed by atoms with Crippen LogP contribution in [0.2, 0.25) is 0 Å². The molecule has 16 heteroatoms. The van der Waals surface area contributed by atoms with Gasteiger partial charge < -0.3 is 39.2 Å². The van der Waals surface area contributed by atoms with Crippen molar-refractivity contribution in [3.8, 4) is 5.75 Å². The molecule has 2 aliphatic rings. The Labute approximate surface area is 310 Å². The minimum Gasteiger partial charge on any atom is -0.477 e. The molecule has 14 nitrogen and oxygen atoms in total. The van der Waals surface area contributed by atoms with Crippen LogP contribution in [0.15, 0.2) is 35.3 Å². The van der Waals surface area contributed by atoms with Crippen molar-refractivity contribution >= 4 is 58.7 Å². The number of rotatable bonds is 13. The third-order valence-electron chi connectivity index (χ3n) is 9.67. The number of carboxylic acid groups (broad SMARTS) is 1. The average Bonchev–Trinajstić information content (AvgIpc) is 3.64. The van der Waals surface area contributed by atoms with Crippen LogP contribution >= 0.6 is 11.8 Å². The van der Waals surface area contributed by atoms with E-state index < -0.39 is 46.9 Å². The second-order valence-electron chi connectivity index (χ2n) is 13.1. The largest absolute Gasteiger partial charge is 0.477 e. The van der Waals surface area contributed by atoms with Crippen LogP contribution in [0.3, 0.4) is 0 Å². The van der Waals surface area contributed by atoms with E-state index in [9.17, 15) is 33.9 Å². The number of piperazine rings is 1. The van der Waals surface area contributed by atoms with Gasteiger partial charge in [-0.3, -0.25) is 14.4 Å². The van der Waals surface area contributed by atoms with E-state index in [4.69, 9.17) is 9.47 Å². The number of nitrogens with zero attached hydrogens (tertiary/aromatic N) is 4. The molecule has 3 aromatic rings. The summed E-state index contributed by atoms with van der Waals surface area (Å²) in [5.74, 6) is -1.85. The lowest BCUT2D eigenvalue weighted by molar-refractivity contribution is -0.147. The van der Waals surface area contributed by atoms with Gasteiger partial charge in [0.2, 0.25) is 17.7 Å². The maximum absolute atomic E-state index is 15.3. The van der Waals surface area contributed by atoms with Gasteiger partial charge in [0.05, 0.1) is 11.2 Å². The number of hydrogen-bond donors (Lipinski definition) is 2. The van der Waals surface area contributed by atoms with Gasteiger partial charge in [-0.05, 0) is 93.0 Å². The number of likely N-dealkylation sites (tertiary alicyclic amines) is 1. The van der Waals surface area contributed by atoms with Crippen molar-refractivity contribution in [2.24, 2.45) is 0 Å². The number of ether oxygens (including phenoxy) is 2. The van der Waals surface area contributed by atoms with Crippen LogP contribution in [-0.4, -0.2) is 107 Å². The Balaban J connectivity index is 1.18.